The first-order valence-electron chi connectivity index (χ1n) is 12.2. The van der Waals surface area contributed by atoms with Crippen molar-refractivity contribution in [3.8, 4) is 5.75 Å². The summed E-state index contributed by atoms with van der Waals surface area (Å²) >= 11 is 6.08. The lowest BCUT2D eigenvalue weighted by molar-refractivity contribution is -0.140. The van der Waals surface area contributed by atoms with Crippen LogP contribution in [-0.2, 0) is 14.3 Å². The molecule has 0 bridgehead atoms. The van der Waals surface area contributed by atoms with E-state index in [1.54, 1.807) is 0 Å². The minimum absolute atomic E-state index is 0.0247. The van der Waals surface area contributed by atoms with Crippen molar-refractivity contribution in [3.63, 3.8) is 0 Å². The van der Waals surface area contributed by atoms with Gasteiger partial charge in [0.05, 0.1) is 24.7 Å². The molecule has 1 aliphatic heterocycles. The highest BCUT2D eigenvalue weighted by Crippen LogP contribution is 2.47. The fourth-order valence-electron chi connectivity index (χ4n) is 4.92. The second-order valence-electron chi connectivity index (χ2n) is 9.53. The second kappa shape index (κ2) is 10.7. The summed E-state index contributed by atoms with van der Waals surface area (Å²) in [5, 5.41) is 4.07. The molecule has 0 spiro atoms. The van der Waals surface area contributed by atoms with E-state index in [2.05, 4.69) is 5.32 Å². The first kappa shape index (κ1) is 25.1. The SMILES string of the molecule is CCOc1ccccc1[C@H]1C(C(=O)OCC(C)C)=C(C)NC2=C1C(=O)C[C@H](c1ccc(Cl)cc1)C2. The van der Waals surface area contributed by atoms with Crippen LogP contribution < -0.4 is 10.1 Å². The minimum Gasteiger partial charge on any atom is -0.494 e. The Bertz CT molecular complexity index is 1180. The number of ether oxygens (including phenoxy) is 2. The highest BCUT2D eigenvalue weighted by atomic mass is 35.5. The van der Waals surface area contributed by atoms with Crippen molar-refractivity contribution in [2.75, 3.05) is 13.2 Å². The van der Waals surface area contributed by atoms with E-state index < -0.39 is 11.9 Å². The Labute approximate surface area is 212 Å². The number of hydrogen-bond acceptors (Lipinski definition) is 5. The predicted molar refractivity (Wildman–Crippen MR) is 137 cm³/mol. The summed E-state index contributed by atoms with van der Waals surface area (Å²) in [6.07, 6.45) is 1.03. The lowest BCUT2D eigenvalue weighted by atomic mass is 9.71. The van der Waals surface area contributed by atoms with Gasteiger partial charge in [-0.2, -0.15) is 0 Å². The molecule has 184 valence electrons. The number of carbonyl (C=O) groups excluding carboxylic acids is 2. The third-order valence-electron chi connectivity index (χ3n) is 6.47. The molecule has 0 fully saturated rings. The summed E-state index contributed by atoms with van der Waals surface area (Å²) in [5.41, 5.74) is 4.54. The molecule has 0 aromatic heterocycles. The molecule has 2 aromatic carbocycles. The Morgan fingerprint density at radius 2 is 1.83 bits per heavy atom. The molecule has 0 amide bonds. The van der Waals surface area contributed by atoms with E-state index in [1.165, 1.54) is 0 Å². The monoisotopic (exact) mass is 493 g/mol. The van der Waals surface area contributed by atoms with Crippen LogP contribution in [0, 0.1) is 5.92 Å². The van der Waals surface area contributed by atoms with Crippen LogP contribution in [0.5, 0.6) is 5.75 Å². The van der Waals surface area contributed by atoms with Gasteiger partial charge in [-0.15, -0.1) is 0 Å². The van der Waals surface area contributed by atoms with Crippen molar-refractivity contribution in [3.05, 3.63) is 87.2 Å². The quantitative estimate of drug-likeness (QED) is 0.458. The molecule has 0 unspecified atom stereocenters. The smallest absolute Gasteiger partial charge is 0.336 e. The van der Waals surface area contributed by atoms with E-state index in [0.29, 0.717) is 53.7 Å². The zero-order valence-corrected chi connectivity index (χ0v) is 21.4. The van der Waals surface area contributed by atoms with Gasteiger partial charge >= 0.3 is 5.97 Å². The molecule has 0 saturated heterocycles. The van der Waals surface area contributed by atoms with Gasteiger partial charge in [0.1, 0.15) is 5.75 Å². The fourth-order valence-corrected chi connectivity index (χ4v) is 5.04. The Hall–Kier alpha value is -3.05. The summed E-state index contributed by atoms with van der Waals surface area (Å²) in [4.78, 5) is 27.1. The molecule has 4 rings (SSSR count). The first-order chi connectivity index (χ1) is 16.8. The molecule has 0 saturated carbocycles. The number of halogens is 1. The lowest BCUT2D eigenvalue weighted by Crippen LogP contribution is -2.36. The van der Waals surface area contributed by atoms with Gasteiger partial charge in [-0.3, -0.25) is 4.79 Å². The van der Waals surface area contributed by atoms with E-state index in [-0.39, 0.29) is 17.6 Å². The van der Waals surface area contributed by atoms with Crippen molar-refractivity contribution >= 4 is 23.4 Å². The van der Waals surface area contributed by atoms with Crippen LogP contribution >= 0.6 is 11.6 Å². The molecule has 35 heavy (non-hydrogen) atoms. The first-order valence-corrected chi connectivity index (χ1v) is 12.6. The van der Waals surface area contributed by atoms with Crippen LogP contribution in [0.1, 0.15) is 63.5 Å². The third kappa shape index (κ3) is 5.30. The standard InChI is InChI=1S/C29H32ClNO4/c1-5-34-25-9-7-6-8-22(25)27-26(29(33)35-16-17(2)3)18(4)31-23-14-20(15-24(32)28(23)27)19-10-12-21(30)13-11-19/h6-13,17,20,27,31H,5,14-16H2,1-4H3/t20-,27+/m1/s1. The number of nitrogens with one attached hydrogen (secondary N) is 1. The average molecular weight is 494 g/mol. The van der Waals surface area contributed by atoms with Crippen LogP contribution in [0.25, 0.3) is 0 Å². The van der Waals surface area contributed by atoms with Gasteiger partial charge in [0.25, 0.3) is 0 Å². The number of benzene rings is 2. The third-order valence-corrected chi connectivity index (χ3v) is 6.72. The largest absolute Gasteiger partial charge is 0.494 e. The predicted octanol–water partition coefficient (Wildman–Crippen LogP) is 6.30. The normalized spacial score (nSPS) is 20.0. The van der Waals surface area contributed by atoms with Gasteiger partial charge in [-0.25, -0.2) is 4.79 Å². The molecule has 2 aromatic rings. The molecular formula is C29H32ClNO4. The molecule has 2 aliphatic rings. The zero-order chi connectivity index (χ0) is 25.1. The van der Waals surface area contributed by atoms with Crippen LogP contribution in [0.15, 0.2) is 71.1 Å². The van der Waals surface area contributed by atoms with Gasteiger partial charge in [-0.05, 0) is 55.9 Å². The van der Waals surface area contributed by atoms with Crippen LogP contribution in [-0.4, -0.2) is 25.0 Å². The molecule has 6 heteroatoms. The molecule has 1 N–H and O–H groups in total. The van der Waals surface area contributed by atoms with Gasteiger partial charge in [0.2, 0.25) is 0 Å². The van der Waals surface area contributed by atoms with Crippen molar-refractivity contribution in [1.29, 1.82) is 0 Å². The van der Waals surface area contributed by atoms with Gasteiger partial charge in [0.15, 0.2) is 5.78 Å². The Kier molecular flexibility index (Phi) is 7.66. The molecule has 5 nitrogen and oxygen atoms in total. The molecule has 0 radical (unpaired) electrons. The highest BCUT2D eigenvalue weighted by Gasteiger charge is 2.42. The number of hydrogen-bond donors (Lipinski definition) is 1. The van der Waals surface area contributed by atoms with Crippen LogP contribution in [0.2, 0.25) is 5.02 Å². The fraction of sp³-hybridized carbons (Fsp3) is 0.379. The van der Waals surface area contributed by atoms with Gasteiger partial charge in [-0.1, -0.05) is 55.8 Å². The lowest BCUT2D eigenvalue weighted by Gasteiger charge is -2.37. The Balaban J connectivity index is 1.80. The van der Waals surface area contributed by atoms with Gasteiger partial charge in [0, 0.05) is 34.0 Å². The molecule has 1 heterocycles. The van der Waals surface area contributed by atoms with Crippen molar-refractivity contribution in [1.82, 2.24) is 5.32 Å². The number of allylic oxidation sites excluding steroid dienone is 3. The summed E-state index contributed by atoms with van der Waals surface area (Å²) in [6.45, 7) is 8.59. The number of dihydropyridines is 1. The number of ketones is 1. The number of Topliss-reactive ketones (excluding diaryl/α,β-unsaturated/α-hetero) is 1. The van der Waals surface area contributed by atoms with E-state index in [0.717, 1.165) is 16.8 Å². The maximum absolute atomic E-state index is 13.7. The topological polar surface area (TPSA) is 64.6 Å². The van der Waals surface area contributed by atoms with Crippen LogP contribution in [0.4, 0.5) is 0 Å². The molecule has 1 aliphatic carbocycles. The minimum atomic E-state index is -0.549. The Morgan fingerprint density at radius 3 is 2.51 bits per heavy atom. The summed E-state index contributed by atoms with van der Waals surface area (Å²) in [7, 11) is 0. The van der Waals surface area contributed by atoms with E-state index in [1.807, 2.05) is 76.2 Å². The zero-order valence-electron chi connectivity index (χ0n) is 20.7. The van der Waals surface area contributed by atoms with E-state index in [4.69, 9.17) is 21.1 Å². The maximum Gasteiger partial charge on any atom is 0.336 e. The summed E-state index contributed by atoms with van der Waals surface area (Å²) in [6, 6.07) is 15.3. The molecular weight excluding hydrogens is 462 g/mol. The number of para-hydroxylation sites is 1. The Morgan fingerprint density at radius 1 is 1.11 bits per heavy atom. The number of rotatable bonds is 7. The van der Waals surface area contributed by atoms with Crippen molar-refractivity contribution in [2.24, 2.45) is 5.92 Å². The van der Waals surface area contributed by atoms with Gasteiger partial charge < -0.3 is 14.8 Å². The summed E-state index contributed by atoms with van der Waals surface area (Å²) < 4.78 is 11.6. The number of esters is 1. The molecule has 2 atom stereocenters. The van der Waals surface area contributed by atoms with E-state index in [9.17, 15) is 9.59 Å². The summed E-state index contributed by atoms with van der Waals surface area (Å²) in [5.74, 6) is -0.0145. The highest BCUT2D eigenvalue weighted by molar-refractivity contribution is 6.30. The van der Waals surface area contributed by atoms with Crippen LogP contribution in [0.3, 0.4) is 0 Å². The second-order valence-corrected chi connectivity index (χ2v) is 9.97. The number of carbonyl (C=O) groups is 2. The van der Waals surface area contributed by atoms with Crippen molar-refractivity contribution < 1.29 is 19.1 Å². The van der Waals surface area contributed by atoms with E-state index >= 15 is 0 Å². The maximum atomic E-state index is 13.7. The van der Waals surface area contributed by atoms with Crippen molar-refractivity contribution in [2.45, 2.75) is 52.4 Å². The average Bonchev–Trinajstić information content (AvgIpc) is 2.82.